The molecular formula is C11H7F2NO3S. The highest BCUT2D eigenvalue weighted by molar-refractivity contribution is 7.07. The van der Waals surface area contributed by atoms with Crippen LogP contribution in [0.1, 0.15) is 0 Å². The minimum atomic E-state index is -1.23. The monoisotopic (exact) mass is 271 g/mol. The normalized spacial score (nSPS) is 10.6. The van der Waals surface area contributed by atoms with Gasteiger partial charge >= 0.3 is 10.8 Å². The standard InChI is InChI=1S/C11H7F2NO3S/c12-7-3-1-2-6(10(7)13)8-5-18-11(17)14(8)4-9(15)16/h1-3,5H,4H2,(H,15,16). The third kappa shape index (κ3) is 2.17. The number of hydrogen-bond acceptors (Lipinski definition) is 3. The van der Waals surface area contributed by atoms with Crippen LogP contribution in [0.4, 0.5) is 8.78 Å². The van der Waals surface area contributed by atoms with E-state index in [2.05, 4.69) is 0 Å². The predicted molar refractivity (Wildman–Crippen MR) is 61.6 cm³/mol. The number of halogens is 2. The lowest BCUT2D eigenvalue weighted by Crippen LogP contribution is -2.20. The second-order valence-electron chi connectivity index (χ2n) is 3.47. The topological polar surface area (TPSA) is 59.3 Å². The maximum Gasteiger partial charge on any atom is 0.323 e. The Bertz CT molecular complexity index is 663. The third-order valence-corrected chi connectivity index (χ3v) is 3.07. The first-order valence-corrected chi connectivity index (χ1v) is 5.73. The lowest BCUT2D eigenvalue weighted by Gasteiger charge is -2.06. The summed E-state index contributed by atoms with van der Waals surface area (Å²) in [6.07, 6.45) is 0. The lowest BCUT2D eigenvalue weighted by atomic mass is 10.1. The second kappa shape index (κ2) is 4.69. The number of aromatic nitrogens is 1. The number of hydrogen-bond donors (Lipinski definition) is 1. The van der Waals surface area contributed by atoms with Crippen molar-refractivity contribution in [3.63, 3.8) is 0 Å². The number of benzene rings is 1. The molecule has 1 aromatic carbocycles. The Morgan fingerprint density at radius 1 is 1.39 bits per heavy atom. The fraction of sp³-hybridized carbons (Fsp3) is 0.0909. The van der Waals surface area contributed by atoms with Gasteiger partial charge in [-0.3, -0.25) is 14.2 Å². The van der Waals surface area contributed by atoms with Crippen LogP contribution >= 0.6 is 11.3 Å². The van der Waals surface area contributed by atoms with Crippen LogP contribution < -0.4 is 4.87 Å². The highest BCUT2D eigenvalue weighted by atomic mass is 32.1. The molecule has 0 aliphatic heterocycles. The summed E-state index contributed by atoms with van der Waals surface area (Å²) in [5, 5.41) is 9.99. The lowest BCUT2D eigenvalue weighted by molar-refractivity contribution is -0.137. The Hall–Kier alpha value is -2.02. The average molecular weight is 271 g/mol. The molecule has 0 aliphatic carbocycles. The Kier molecular flexibility index (Phi) is 3.24. The molecule has 0 spiro atoms. The van der Waals surface area contributed by atoms with Gasteiger partial charge < -0.3 is 5.11 Å². The molecule has 2 rings (SSSR count). The summed E-state index contributed by atoms with van der Waals surface area (Å²) >= 11 is 0.737. The second-order valence-corrected chi connectivity index (χ2v) is 4.29. The number of carboxylic acids is 1. The molecule has 1 aromatic heterocycles. The van der Waals surface area contributed by atoms with E-state index in [-0.39, 0.29) is 11.3 Å². The van der Waals surface area contributed by atoms with Crippen LogP contribution in [0.15, 0.2) is 28.4 Å². The Balaban J connectivity index is 2.61. The Morgan fingerprint density at radius 2 is 2.11 bits per heavy atom. The first kappa shape index (κ1) is 12.4. The molecule has 0 radical (unpaired) electrons. The molecule has 0 unspecified atom stereocenters. The maximum atomic E-state index is 13.6. The van der Waals surface area contributed by atoms with E-state index in [1.807, 2.05) is 0 Å². The largest absolute Gasteiger partial charge is 0.480 e. The molecule has 4 nitrogen and oxygen atoms in total. The number of nitrogens with zero attached hydrogens (tertiary/aromatic N) is 1. The number of aliphatic carboxylic acids is 1. The van der Waals surface area contributed by atoms with Crippen molar-refractivity contribution in [1.82, 2.24) is 4.57 Å². The van der Waals surface area contributed by atoms with E-state index in [1.165, 1.54) is 17.5 Å². The molecule has 1 heterocycles. The quantitative estimate of drug-likeness (QED) is 0.928. The summed E-state index contributed by atoms with van der Waals surface area (Å²) in [5.41, 5.74) is -0.0704. The zero-order chi connectivity index (χ0) is 13.3. The van der Waals surface area contributed by atoms with E-state index in [4.69, 9.17) is 5.11 Å². The molecule has 0 atom stereocenters. The summed E-state index contributed by atoms with van der Waals surface area (Å²) in [6.45, 7) is -0.590. The molecule has 0 fully saturated rings. The van der Waals surface area contributed by atoms with Gasteiger partial charge in [-0.2, -0.15) is 0 Å². The van der Waals surface area contributed by atoms with Crippen molar-refractivity contribution in [2.24, 2.45) is 0 Å². The van der Waals surface area contributed by atoms with Crippen molar-refractivity contribution < 1.29 is 18.7 Å². The summed E-state index contributed by atoms with van der Waals surface area (Å²) in [6, 6.07) is 3.53. The van der Waals surface area contributed by atoms with Gasteiger partial charge in [-0.1, -0.05) is 17.4 Å². The molecular weight excluding hydrogens is 264 g/mol. The van der Waals surface area contributed by atoms with Crippen LogP contribution in [0.3, 0.4) is 0 Å². The molecule has 1 N–H and O–H groups in total. The number of carboxylic acid groups (broad SMARTS) is 1. The smallest absolute Gasteiger partial charge is 0.323 e. The molecule has 18 heavy (non-hydrogen) atoms. The van der Waals surface area contributed by atoms with Crippen LogP contribution in [0.2, 0.25) is 0 Å². The molecule has 0 bridgehead atoms. The Labute approximate surface area is 104 Å². The van der Waals surface area contributed by atoms with Gasteiger partial charge in [0.2, 0.25) is 0 Å². The highest BCUT2D eigenvalue weighted by Crippen LogP contribution is 2.24. The van der Waals surface area contributed by atoms with Crippen LogP contribution in [-0.2, 0) is 11.3 Å². The van der Waals surface area contributed by atoms with Gasteiger partial charge in [0.15, 0.2) is 11.6 Å². The predicted octanol–water partition coefficient (Wildman–Crippen LogP) is 1.94. The van der Waals surface area contributed by atoms with Crippen LogP contribution in [0.25, 0.3) is 11.3 Å². The maximum absolute atomic E-state index is 13.6. The van der Waals surface area contributed by atoms with Gasteiger partial charge in [0.05, 0.1) is 5.69 Å². The highest BCUT2D eigenvalue weighted by Gasteiger charge is 2.16. The fourth-order valence-electron chi connectivity index (χ4n) is 1.53. The minimum Gasteiger partial charge on any atom is -0.480 e. The number of carbonyl (C=O) groups is 1. The van der Waals surface area contributed by atoms with Gasteiger partial charge in [0.1, 0.15) is 6.54 Å². The van der Waals surface area contributed by atoms with E-state index in [0.717, 1.165) is 22.0 Å². The first-order valence-electron chi connectivity index (χ1n) is 4.85. The van der Waals surface area contributed by atoms with E-state index in [1.54, 1.807) is 0 Å². The molecule has 2 aromatic rings. The molecule has 0 saturated heterocycles. The Morgan fingerprint density at radius 3 is 2.78 bits per heavy atom. The SMILES string of the molecule is O=C(O)Cn1c(-c2cccc(F)c2F)csc1=O. The van der Waals surface area contributed by atoms with Crippen LogP contribution in [-0.4, -0.2) is 15.6 Å². The van der Waals surface area contributed by atoms with Crippen LogP contribution in [0, 0.1) is 11.6 Å². The first-order chi connectivity index (χ1) is 8.50. The summed E-state index contributed by atoms with van der Waals surface area (Å²) < 4.78 is 27.6. The zero-order valence-corrected chi connectivity index (χ0v) is 9.71. The van der Waals surface area contributed by atoms with Gasteiger partial charge in [0, 0.05) is 10.9 Å². The molecule has 94 valence electrons. The summed E-state index contributed by atoms with van der Waals surface area (Å²) in [4.78, 5) is 21.5. The van der Waals surface area contributed by atoms with Crippen molar-refractivity contribution in [2.45, 2.75) is 6.54 Å². The average Bonchev–Trinajstić information content (AvgIpc) is 2.64. The fourth-order valence-corrected chi connectivity index (χ4v) is 2.28. The van der Waals surface area contributed by atoms with Crippen LogP contribution in [0.5, 0.6) is 0 Å². The van der Waals surface area contributed by atoms with E-state index < -0.39 is 29.0 Å². The van der Waals surface area contributed by atoms with Crippen molar-refractivity contribution in [3.8, 4) is 11.3 Å². The molecule has 0 saturated carbocycles. The molecule has 0 aliphatic rings. The number of thiazole rings is 1. The summed E-state index contributed by atoms with van der Waals surface area (Å²) in [7, 11) is 0. The van der Waals surface area contributed by atoms with Gasteiger partial charge in [-0.15, -0.1) is 0 Å². The molecule has 7 heteroatoms. The zero-order valence-electron chi connectivity index (χ0n) is 8.89. The van der Waals surface area contributed by atoms with E-state index >= 15 is 0 Å². The van der Waals surface area contributed by atoms with Gasteiger partial charge in [-0.25, -0.2) is 8.78 Å². The molecule has 0 amide bonds. The van der Waals surface area contributed by atoms with Gasteiger partial charge in [-0.05, 0) is 12.1 Å². The van der Waals surface area contributed by atoms with Crippen molar-refractivity contribution in [3.05, 3.63) is 44.9 Å². The van der Waals surface area contributed by atoms with Crippen molar-refractivity contribution >= 4 is 17.3 Å². The summed E-state index contributed by atoms with van der Waals surface area (Å²) in [5.74, 6) is -3.38. The van der Waals surface area contributed by atoms with E-state index in [0.29, 0.717) is 0 Å². The van der Waals surface area contributed by atoms with Gasteiger partial charge in [0.25, 0.3) is 0 Å². The minimum absolute atomic E-state index is 0.0596. The van der Waals surface area contributed by atoms with E-state index in [9.17, 15) is 18.4 Å². The number of rotatable bonds is 3. The van der Waals surface area contributed by atoms with Crippen molar-refractivity contribution in [1.29, 1.82) is 0 Å². The third-order valence-electron chi connectivity index (χ3n) is 2.30. The van der Waals surface area contributed by atoms with Crippen molar-refractivity contribution in [2.75, 3.05) is 0 Å².